The lowest BCUT2D eigenvalue weighted by Gasteiger charge is -2.19. The summed E-state index contributed by atoms with van der Waals surface area (Å²) in [6.07, 6.45) is 13.1. The Morgan fingerprint density at radius 3 is 2.00 bits per heavy atom. The smallest absolute Gasteiger partial charge is 0.0241 e. The van der Waals surface area contributed by atoms with Crippen LogP contribution >= 0.6 is 0 Å². The van der Waals surface area contributed by atoms with Gasteiger partial charge in [0.15, 0.2) is 0 Å². The molecule has 1 aliphatic carbocycles. The summed E-state index contributed by atoms with van der Waals surface area (Å²) < 4.78 is 0. The largest absolute Gasteiger partial charge is 0.0628 e. The normalized spacial score (nSPS) is 21.5. The minimum atomic E-state index is 0.887. The highest BCUT2D eigenvalue weighted by Crippen LogP contribution is 2.28. The van der Waals surface area contributed by atoms with Crippen LogP contribution in [0.2, 0.25) is 0 Å². The molecule has 0 spiro atoms. The molecule has 0 amide bonds. The van der Waals surface area contributed by atoms with Crippen LogP contribution < -0.4 is 0 Å². The molecule has 0 aromatic rings. The van der Waals surface area contributed by atoms with E-state index < -0.39 is 0 Å². The fourth-order valence-corrected chi connectivity index (χ4v) is 2.15. The van der Waals surface area contributed by atoms with E-state index in [0.717, 1.165) is 5.92 Å². The zero-order valence-corrected chi connectivity index (χ0v) is 9.44. The Bertz CT molecular complexity index is 107. The van der Waals surface area contributed by atoms with Crippen LogP contribution in [0.1, 0.15) is 71.6 Å². The highest BCUT2D eigenvalue weighted by atomic mass is 14.2. The molecule has 1 radical (unpaired) electrons. The maximum absolute atomic E-state index is 2.34. The molecule has 1 fully saturated rings. The number of hydrogen-bond acceptors (Lipinski definition) is 0. The van der Waals surface area contributed by atoms with E-state index >= 15 is 0 Å². The molecular weight excluding hydrogens is 156 g/mol. The average molecular weight is 181 g/mol. The lowest BCUT2D eigenvalue weighted by molar-refractivity contribution is 0.472. The van der Waals surface area contributed by atoms with Gasteiger partial charge in [-0.2, -0.15) is 0 Å². The van der Waals surface area contributed by atoms with Crippen molar-refractivity contribution >= 4 is 0 Å². The third-order valence-corrected chi connectivity index (χ3v) is 3.14. The van der Waals surface area contributed by atoms with Crippen molar-refractivity contribution in [3.8, 4) is 0 Å². The van der Waals surface area contributed by atoms with Crippen molar-refractivity contribution in [2.75, 3.05) is 0 Å². The monoisotopic (exact) mass is 181 g/mol. The van der Waals surface area contributed by atoms with Crippen molar-refractivity contribution in [3.63, 3.8) is 0 Å². The standard InChI is InChI=1S/C13H25/c1-12(2)10-11-13-8-6-4-3-5-7-9-13/h12H,3-11H2,1-2H3. The van der Waals surface area contributed by atoms with E-state index in [2.05, 4.69) is 13.8 Å². The van der Waals surface area contributed by atoms with Crippen molar-refractivity contribution in [1.29, 1.82) is 0 Å². The van der Waals surface area contributed by atoms with Gasteiger partial charge in [-0.15, -0.1) is 0 Å². The minimum Gasteiger partial charge on any atom is -0.0628 e. The van der Waals surface area contributed by atoms with Gasteiger partial charge in [0.05, 0.1) is 0 Å². The summed E-state index contributed by atoms with van der Waals surface area (Å²) in [6, 6.07) is 0. The number of hydrogen-bond donors (Lipinski definition) is 0. The summed E-state index contributed by atoms with van der Waals surface area (Å²) in [5.74, 6) is 2.76. The van der Waals surface area contributed by atoms with Crippen LogP contribution in [-0.4, -0.2) is 0 Å². The Morgan fingerprint density at radius 2 is 1.46 bits per heavy atom. The van der Waals surface area contributed by atoms with E-state index in [1.807, 2.05) is 5.92 Å². The van der Waals surface area contributed by atoms with Crippen LogP contribution in [0, 0.1) is 11.8 Å². The maximum Gasteiger partial charge on any atom is -0.0241 e. The van der Waals surface area contributed by atoms with Gasteiger partial charge in [0.1, 0.15) is 0 Å². The van der Waals surface area contributed by atoms with Gasteiger partial charge in [-0.05, 0) is 31.1 Å². The van der Waals surface area contributed by atoms with Gasteiger partial charge in [0, 0.05) is 0 Å². The third-order valence-electron chi connectivity index (χ3n) is 3.14. The highest BCUT2D eigenvalue weighted by Gasteiger charge is 2.11. The molecule has 0 aliphatic heterocycles. The Hall–Kier alpha value is 0. The van der Waals surface area contributed by atoms with Gasteiger partial charge in [-0.3, -0.25) is 0 Å². The average Bonchev–Trinajstić information content (AvgIpc) is 2.01. The molecule has 0 heteroatoms. The van der Waals surface area contributed by atoms with Gasteiger partial charge in [-0.1, -0.05) is 52.4 Å². The second-order valence-electron chi connectivity index (χ2n) is 4.95. The second kappa shape index (κ2) is 6.45. The highest BCUT2D eigenvalue weighted by molar-refractivity contribution is 4.90. The van der Waals surface area contributed by atoms with E-state index in [-0.39, 0.29) is 0 Å². The molecule has 0 N–H and O–H groups in total. The molecule has 0 unspecified atom stereocenters. The quantitative estimate of drug-likeness (QED) is 0.590. The van der Waals surface area contributed by atoms with E-state index in [0.29, 0.717) is 0 Å². The van der Waals surface area contributed by atoms with Gasteiger partial charge in [-0.25, -0.2) is 0 Å². The molecule has 0 aromatic heterocycles. The second-order valence-corrected chi connectivity index (χ2v) is 4.95. The fraction of sp³-hybridized carbons (Fsp3) is 0.923. The number of rotatable bonds is 3. The van der Waals surface area contributed by atoms with Gasteiger partial charge in [0.25, 0.3) is 0 Å². The topological polar surface area (TPSA) is 0 Å². The molecule has 1 saturated carbocycles. The maximum atomic E-state index is 2.34. The molecular formula is C13H25. The van der Waals surface area contributed by atoms with E-state index in [1.54, 1.807) is 0 Å². The molecule has 77 valence electrons. The summed E-state index contributed by atoms with van der Waals surface area (Å²) in [4.78, 5) is 0. The van der Waals surface area contributed by atoms with Crippen molar-refractivity contribution < 1.29 is 0 Å². The minimum absolute atomic E-state index is 0.887. The van der Waals surface area contributed by atoms with Crippen molar-refractivity contribution in [1.82, 2.24) is 0 Å². The lowest BCUT2D eigenvalue weighted by Crippen LogP contribution is -2.03. The molecule has 0 nitrogen and oxygen atoms in total. The van der Waals surface area contributed by atoms with Gasteiger partial charge >= 0.3 is 0 Å². The van der Waals surface area contributed by atoms with Crippen LogP contribution in [0.4, 0.5) is 0 Å². The fourth-order valence-electron chi connectivity index (χ4n) is 2.15. The van der Waals surface area contributed by atoms with Crippen LogP contribution in [-0.2, 0) is 0 Å². The molecule has 0 heterocycles. The van der Waals surface area contributed by atoms with Crippen LogP contribution in [0.5, 0.6) is 0 Å². The van der Waals surface area contributed by atoms with E-state index in [1.165, 1.54) is 57.8 Å². The zero-order chi connectivity index (χ0) is 9.52. The molecule has 0 saturated heterocycles. The molecule has 13 heavy (non-hydrogen) atoms. The van der Waals surface area contributed by atoms with Crippen molar-refractivity contribution in [3.05, 3.63) is 5.92 Å². The third kappa shape index (κ3) is 5.33. The molecule has 1 rings (SSSR count). The van der Waals surface area contributed by atoms with Crippen molar-refractivity contribution in [2.24, 2.45) is 5.92 Å². The Kier molecular flexibility index (Phi) is 5.50. The van der Waals surface area contributed by atoms with Crippen LogP contribution in [0.15, 0.2) is 0 Å². The first-order valence-corrected chi connectivity index (χ1v) is 6.12. The first kappa shape index (κ1) is 11.1. The summed E-state index contributed by atoms with van der Waals surface area (Å²) in [7, 11) is 0. The van der Waals surface area contributed by atoms with Crippen molar-refractivity contribution in [2.45, 2.75) is 71.6 Å². The van der Waals surface area contributed by atoms with Crippen LogP contribution in [0.25, 0.3) is 0 Å². The summed E-state index contributed by atoms with van der Waals surface area (Å²) in [6.45, 7) is 4.67. The van der Waals surface area contributed by atoms with E-state index in [9.17, 15) is 0 Å². The summed E-state index contributed by atoms with van der Waals surface area (Å²) in [5, 5.41) is 0. The molecule has 1 aliphatic rings. The lowest BCUT2D eigenvalue weighted by atomic mass is 9.86. The molecule has 0 bridgehead atoms. The Labute approximate surface area is 84.1 Å². The van der Waals surface area contributed by atoms with Gasteiger partial charge in [0.2, 0.25) is 0 Å². The van der Waals surface area contributed by atoms with Crippen LogP contribution in [0.3, 0.4) is 0 Å². The Morgan fingerprint density at radius 1 is 0.923 bits per heavy atom. The molecule has 0 atom stereocenters. The van der Waals surface area contributed by atoms with E-state index in [4.69, 9.17) is 0 Å². The predicted octanol–water partition coefficient (Wildman–Crippen LogP) is 4.74. The molecule has 0 aromatic carbocycles. The SMILES string of the molecule is CC(C)CC[C]1CCCCCCC1. The first-order valence-electron chi connectivity index (χ1n) is 6.12. The zero-order valence-electron chi connectivity index (χ0n) is 9.44. The first-order chi connectivity index (χ1) is 6.29. The Balaban J connectivity index is 2.14. The summed E-state index contributed by atoms with van der Waals surface area (Å²) in [5.41, 5.74) is 0. The van der Waals surface area contributed by atoms with Gasteiger partial charge < -0.3 is 0 Å². The summed E-state index contributed by atoms with van der Waals surface area (Å²) >= 11 is 0. The predicted molar refractivity (Wildman–Crippen MR) is 59.6 cm³/mol.